The van der Waals surface area contributed by atoms with E-state index in [-0.39, 0.29) is 11.9 Å². The number of rotatable bonds is 5. The third-order valence-corrected chi connectivity index (χ3v) is 4.02. The molecule has 0 saturated carbocycles. The molecule has 0 saturated heterocycles. The lowest BCUT2D eigenvalue weighted by Gasteiger charge is -2.13. The predicted molar refractivity (Wildman–Crippen MR) is 81.6 cm³/mol. The van der Waals surface area contributed by atoms with Gasteiger partial charge >= 0.3 is 0 Å². The summed E-state index contributed by atoms with van der Waals surface area (Å²) >= 11 is 1.62. The first kappa shape index (κ1) is 14.5. The minimum Gasteiger partial charge on any atom is -0.345 e. The van der Waals surface area contributed by atoms with Crippen molar-refractivity contribution in [3.8, 4) is 0 Å². The Kier molecular flexibility index (Phi) is 4.70. The predicted octanol–water partition coefficient (Wildman–Crippen LogP) is 2.48. The molecule has 0 aliphatic carbocycles. The Labute approximate surface area is 122 Å². The van der Waals surface area contributed by atoms with Crippen molar-refractivity contribution < 1.29 is 4.79 Å². The van der Waals surface area contributed by atoms with E-state index in [9.17, 15) is 4.79 Å². The molecule has 2 rings (SSSR count). The topological polar surface area (TPSA) is 80.0 Å². The molecular formula is C14H18N4OS. The van der Waals surface area contributed by atoms with Crippen LogP contribution in [0.1, 0.15) is 40.8 Å². The summed E-state index contributed by atoms with van der Waals surface area (Å²) in [6.45, 7) is 3.95. The van der Waals surface area contributed by atoms with Crippen molar-refractivity contribution in [1.82, 2.24) is 10.3 Å². The molecule has 0 aliphatic heterocycles. The number of nitrogens with one attached hydrogen (secondary N) is 2. The summed E-state index contributed by atoms with van der Waals surface area (Å²) in [5.41, 5.74) is 3.88. The number of hydrogen-bond donors (Lipinski definition) is 3. The van der Waals surface area contributed by atoms with Crippen LogP contribution >= 0.6 is 11.3 Å². The van der Waals surface area contributed by atoms with Crippen molar-refractivity contribution in [3.63, 3.8) is 0 Å². The minimum absolute atomic E-state index is 0.0185. The highest BCUT2D eigenvalue weighted by molar-refractivity contribution is 7.10. The van der Waals surface area contributed by atoms with E-state index in [0.29, 0.717) is 11.4 Å². The number of thiophene rings is 1. The van der Waals surface area contributed by atoms with E-state index < -0.39 is 0 Å². The molecule has 106 valence electrons. The van der Waals surface area contributed by atoms with Crippen molar-refractivity contribution in [3.05, 3.63) is 45.8 Å². The van der Waals surface area contributed by atoms with Gasteiger partial charge in [0.05, 0.1) is 6.04 Å². The number of aryl methyl sites for hydroxylation is 1. The minimum atomic E-state index is -0.125. The Hall–Kier alpha value is -1.92. The van der Waals surface area contributed by atoms with Crippen molar-refractivity contribution >= 4 is 23.1 Å². The van der Waals surface area contributed by atoms with Gasteiger partial charge in [-0.25, -0.2) is 10.8 Å². The van der Waals surface area contributed by atoms with Crippen LogP contribution in [0.3, 0.4) is 0 Å². The number of anilines is 1. The van der Waals surface area contributed by atoms with Gasteiger partial charge in [-0.05, 0) is 36.9 Å². The van der Waals surface area contributed by atoms with Crippen LogP contribution in [0.2, 0.25) is 0 Å². The number of hydrogen-bond acceptors (Lipinski definition) is 5. The fraction of sp³-hybridized carbons (Fsp3) is 0.286. The van der Waals surface area contributed by atoms with Gasteiger partial charge in [0.25, 0.3) is 5.91 Å². The molecule has 0 aromatic carbocycles. The highest BCUT2D eigenvalue weighted by Gasteiger charge is 2.13. The van der Waals surface area contributed by atoms with Crippen molar-refractivity contribution in [1.29, 1.82) is 0 Å². The van der Waals surface area contributed by atoms with Gasteiger partial charge in [0.1, 0.15) is 5.82 Å². The second-order valence-corrected chi connectivity index (χ2v) is 5.42. The molecule has 0 fully saturated rings. The molecule has 0 bridgehead atoms. The van der Waals surface area contributed by atoms with Crippen LogP contribution in [0.4, 0.5) is 5.82 Å². The summed E-state index contributed by atoms with van der Waals surface area (Å²) in [6, 6.07) is 7.40. The summed E-state index contributed by atoms with van der Waals surface area (Å²) in [7, 11) is 0. The number of hydrazine groups is 1. The Morgan fingerprint density at radius 2 is 2.30 bits per heavy atom. The zero-order chi connectivity index (χ0) is 14.5. The molecule has 20 heavy (non-hydrogen) atoms. The van der Waals surface area contributed by atoms with E-state index in [1.165, 1.54) is 0 Å². The van der Waals surface area contributed by atoms with Gasteiger partial charge in [-0.1, -0.05) is 13.0 Å². The SMILES string of the molecule is CCc1cc(C(=O)NC(C)c2cccs2)cc(NN)n1. The molecule has 4 N–H and O–H groups in total. The highest BCUT2D eigenvalue weighted by atomic mass is 32.1. The summed E-state index contributed by atoms with van der Waals surface area (Å²) in [5.74, 6) is 5.75. The normalized spacial score (nSPS) is 11.9. The number of nitrogens with zero attached hydrogens (tertiary/aromatic N) is 1. The Balaban J connectivity index is 2.16. The molecule has 0 spiro atoms. The van der Waals surface area contributed by atoms with Crippen LogP contribution < -0.4 is 16.6 Å². The molecular weight excluding hydrogens is 272 g/mol. The summed E-state index contributed by atoms with van der Waals surface area (Å²) < 4.78 is 0. The van der Waals surface area contributed by atoms with Crippen molar-refractivity contribution in [2.24, 2.45) is 5.84 Å². The van der Waals surface area contributed by atoms with Gasteiger partial charge in [-0.15, -0.1) is 11.3 Å². The van der Waals surface area contributed by atoms with Gasteiger partial charge < -0.3 is 10.7 Å². The number of carbonyl (C=O) groups is 1. The molecule has 1 atom stereocenters. The Bertz CT molecular complexity index is 561. The standard InChI is InChI=1S/C14H18N4OS/c1-3-11-7-10(8-13(17-11)18-15)14(19)16-9(2)12-5-4-6-20-12/h4-9H,3,15H2,1-2H3,(H,16,19)(H,17,18). The zero-order valence-electron chi connectivity index (χ0n) is 11.5. The van der Waals surface area contributed by atoms with Gasteiger partial charge in [0, 0.05) is 16.1 Å². The van der Waals surface area contributed by atoms with Crippen molar-refractivity contribution in [2.45, 2.75) is 26.3 Å². The molecule has 1 unspecified atom stereocenters. The monoisotopic (exact) mass is 290 g/mol. The lowest BCUT2D eigenvalue weighted by molar-refractivity contribution is 0.0940. The Morgan fingerprint density at radius 1 is 1.50 bits per heavy atom. The molecule has 6 heteroatoms. The summed E-state index contributed by atoms with van der Waals surface area (Å²) in [4.78, 5) is 17.7. The molecule has 1 amide bonds. The highest BCUT2D eigenvalue weighted by Crippen LogP contribution is 2.19. The fourth-order valence-corrected chi connectivity index (χ4v) is 2.60. The molecule has 5 nitrogen and oxygen atoms in total. The number of pyridine rings is 1. The number of amides is 1. The number of carbonyl (C=O) groups excluding carboxylic acids is 1. The van der Waals surface area contributed by atoms with E-state index in [1.807, 2.05) is 31.4 Å². The first-order chi connectivity index (χ1) is 9.63. The number of aromatic nitrogens is 1. The van der Waals surface area contributed by atoms with E-state index in [4.69, 9.17) is 5.84 Å². The average molecular weight is 290 g/mol. The van der Waals surface area contributed by atoms with Gasteiger partial charge in [0.15, 0.2) is 0 Å². The first-order valence-corrected chi connectivity index (χ1v) is 7.33. The maximum Gasteiger partial charge on any atom is 0.251 e. The van der Waals surface area contributed by atoms with E-state index >= 15 is 0 Å². The average Bonchev–Trinajstić information content (AvgIpc) is 3.00. The largest absolute Gasteiger partial charge is 0.345 e. The molecule has 2 aromatic heterocycles. The van der Waals surface area contributed by atoms with Gasteiger partial charge in [-0.2, -0.15) is 0 Å². The van der Waals surface area contributed by atoms with Crippen LogP contribution in [-0.4, -0.2) is 10.9 Å². The third kappa shape index (κ3) is 3.34. The lowest BCUT2D eigenvalue weighted by atomic mass is 10.1. The smallest absolute Gasteiger partial charge is 0.251 e. The maximum absolute atomic E-state index is 12.3. The van der Waals surface area contributed by atoms with Crippen LogP contribution in [0.5, 0.6) is 0 Å². The molecule has 2 aromatic rings. The van der Waals surface area contributed by atoms with Gasteiger partial charge in [-0.3, -0.25) is 4.79 Å². The summed E-state index contributed by atoms with van der Waals surface area (Å²) in [6.07, 6.45) is 0.746. The maximum atomic E-state index is 12.3. The van der Waals surface area contributed by atoms with Crippen LogP contribution in [-0.2, 0) is 6.42 Å². The van der Waals surface area contributed by atoms with Crippen LogP contribution in [0, 0.1) is 0 Å². The molecule has 0 radical (unpaired) electrons. The van der Waals surface area contributed by atoms with Gasteiger partial charge in [0.2, 0.25) is 0 Å². The first-order valence-electron chi connectivity index (χ1n) is 6.46. The van der Waals surface area contributed by atoms with E-state index in [0.717, 1.165) is 17.0 Å². The number of nitrogen functional groups attached to an aromatic ring is 1. The second-order valence-electron chi connectivity index (χ2n) is 4.44. The zero-order valence-corrected chi connectivity index (χ0v) is 12.3. The quantitative estimate of drug-likeness (QED) is 0.584. The van der Waals surface area contributed by atoms with Crippen molar-refractivity contribution in [2.75, 3.05) is 5.43 Å². The van der Waals surface area contributed by atoms with Crippen LogP contribution in [0.25, 0.3) is 0 Å². The third-order valence-electron chi connectivity index (χ3n) is 2.97. The fourth-order valence-electron chi connectivity index (χ4n) is 1.86. The summed E-state index contributed by atoms with van der Waals surface area (Å²) in [5, 5.41) is 4.97. The van der Waals surface area contributed by atoms with E-state index in [1.54, 1.807) is 23.5 Å². The van der Waals surface area contributed by atoms with E-state index in [2.05, 4.69) is 15.7 Å². The molecule has 0 aliphatic rings. The Morgan fingerprint density at radius 3 is 2.90 bits per heavy atom. The number of nitrogens with two attached hydrogens (primary N) is 1. The lowest BCUT2D eigenvalue weighted by Crippen LogP contribution is -2.26. The second kappa shape index (κ2) is 6.49. The molecule has 2 heterocycles. The van der Waals surface area contributed by atoms with Crippen LogP contribution in [0.15, 0.2) is 29.6 Å².